The van der Waals surface area contributed by atoms with Gasteiger partial charge in [-0.3, -0.25) is 4.79 Å². The van der Waals surface area contributed by atoms with Gasteiger partial charge in [0.15, 0.2) is 0 Å². The van der Waals surface area contributed by atoms with Crippen LogP contribution >= 0.6 is 11.6 Å². The van der Waals surface area contributed by atoms with Crippen LogP contribution in [0.25, 0.3) is 0 Å². The van der Waals surface area contributed by atoms with E-state index in [9.17, 15) is 9.18 Å². The number of nitrogens with zero attached hydrogens (tertiary/aromatic N) is 1. The second-order valence-electron chi connectivity index (χ2n) is 6.77. The van der Waals surface area contributed by atoms with E-state index in [0.717, 1.165) is 24.1 Å². The van der Waals surface area contributed by atoms with E-state index in [1.54, 1.807) is 12.1 Å². The van der Waals surface area contributed by atoms with Crippen LogP contribution in [0.3, 0.4) is 0 Å². The summed E-state index contributed by atoms with van der Waals surface area (Å²) < 4.78 is 13.1. The summed E-state index contributed by atoms with van der Waals surface area (Å²) >= 11 is 6.36. The number of amides is 1. The molecule has 1 N–H and O–H groups in total. The minimum atomic E-state index is -0.242. The van der Waals surface area contributed by atoms with Crippen molar-refractivity contribution in [1.82, 2.24) is 10.2 Å². The van der Waals surface area contributed by atoms with Crippen LogP contribution in [0.4, 0.5) is 4.39 Å². The number of hydrogen-bond acceptors (Lipinski definition) is 2. The number of halogens is 2. The Kier molecular flexibility index (Phi) is 4.48. The lowest BCUT2D eigenvalue weighted by Gasteiger charge is -2.37. The molecule has 0 bridgehead atoms. The first-order valence-electron chi connectivity index (χ1n) is 8.66. The molecule has 130 valence electrons. The van der Waals surface area contributed by atoms with Gasteiger partial charge in [0.1, 0.15) is 5.82 Å². The molecule has 1 saturated heterocycles. The van der Waals surface area contributed by atoms with Crippen LogP contribution in [0.1, 0.15) is 29.5 Å². The number of rotatable bonds is 3. The number of carbonyl (C=O) groups is 1. The highest BCUT2D eigenvalue weighted by atomic mass is 35.5. The first-order valence-corrected chi connectivity index (χ1v) is 9.04. The molecule has 0 radical (unpaired) electrons. The maximum Gasteiger partial charge on any atom is 0.226 e. The standard InChI is InChI=1S/C20H20ClFN2O/c21-18-4-2-1-3-15(18)19-12-23-9-10-24(19)20(25)17-11-16(17)13-5-7-14(22)8-6-13/h1-8,16-17,19,23H,9-12H2. The average Bonchev–Trinajstić information content (AvgIpc) is 3.43. The fraction of sp³-hybridized carbons (Fsp3) is 0.350. The second-order valence-corrected chi connectivity index (χ2v) is 7.18. The molecule has 0 aromatic heterocycles. The van der Waals surface area contributed by atoms with Crippen molar-refractivity contribution < 1.29 is 9.18 Å². The number of piperazine rings is 1. The SMILES string of the molecule is O=C(C1CC1c1ccc(F)cc1)N1CCNCC1c1ccccc1Cl. The van der Waals surface area contributed by atoms with Gasteiger partial charge in [-0.05, 0) is 41.7 Å². The quantitative estimate of drug-likeness (QED) is 0.906. The Morgan fingerprint density at radius 2 is 1.92 bits per heavy atom. The fourth-order valence-electron chi connectivity index (χ4n) is 3.75. The van der Waals surface area contributed by atoms with Gasteiger partial charge in [0, 0.05) is 30.6 Å². The third-order valence-electron chi connectivity index (χ3n) is 5.20. The predicted octanol–water partition coefficient (Wildman–Crippen LogP) is 3.76. The highest BCUT2D eigenvalue weighted by Crippen LogP contribution is 2.49. The number of carbonyl (C=O) groups excluding carboxylic acids is 1. The van der Waals surface area contributed by atoms with Gasteiger partial charge < -0.3 is 10.2 Å². The first-order chi connectivity index (χ1) is 12.1. The second kappa shape index (κ2) is 6.77. The molecule has 25 heavy (non-hydrogen) atoms. The highest BCUT2D eigenvalue weighted by molar-refractivity contribution is 6.31. The van der Waals surface area contributed by atoms with Crippen LogP contribution in [0.2, 0.25) is 5.02 Å². The van der Waals surface area contributed by atoms with Crippen LogP contribution in [0.5, 0.6) is 0 Å². The Morgan fingerprint density at radius 1 is 1.16 bits per heavy atom. The summed E-state index contributed by atoms with van der Waals surface area (Å²) in [4.78, 5) is 15.1. The van der Waals surface area contributed by atoms with Gasteiger partial charge >= 0.3 is 0 Å². The highest BCUT2D eigenvalue weighted by Gasteiger charge is 2.47. The van der Waals surface area contributed by atoms with Crippen molar-refractivity contribution in [2.75, 3.05) is 19.6 Å². The minimum Gasteiger partial charge on any atom is -0.333 e. The largest absolute Gasteiger partial charge is 0.333 e. The maximum absolute atomic E-state index is 13.1. The summed E-state index contributed by atoms with van der Waals surface area (Å²) in [6.45, 7) is 2.19. The zero-order chi connectivity index (χ0) is 17.4. The summed E-state index contributed by atoms with van der Waals surface area (Å²) in [5, 5.41) is 4.05. The molecule has 3 unspecified atom stereocenters. The lowest BCUT2D eigenvalue weighted by atomic mass is 10.0. The molecule has 1 aliphatic heterocycles. The Hall–Kier alpha value is -1.91. The monoisotopic (exact) mass is 358 g/mol. The number of hydrogen-bond donors (Lipinski definition) is 1. The van der Waals surface area contributed by atoms with Crippen molar-refractivity contribution >= 4 is 17.5 Å². The van der Waals surface area contributed by atoms with Crippen molar-refractivity contribution in [1.29, 1.82) is 0 Å². The van der Waals surface area contributed by atoms with Gasteiger partial charge in [-0.1, -0.05) is 41.9 Å². The normalized spacial score (nSPS) is 25.7. The molecule has 1 amide bonds. The van der Waals surface area contributed by atoms with Crippen LogP contribution in [0, 0.1) is 11.7 Å². The van der Waals surface area contributed by atoms with Crippen LogP contribution < -0.4 is 5.32 Å². The molecule has 3 atom stereocenters. The Balaban J connectivity index is 1.52. The molecule has 1 heterocycles. The molecule has 2 aliphatic rings. The van der Waals surface area contributed by atoms with Gasteiger partial charge in [0.2, 0.25) is 5.91 Å². The summed E-state index contributed by atoms with van der Waals surface area (Å²) in [5.41, 5.74) is 2.04. The predicted molar refractivity (Wildman–Crippen MR) is 96.0 cm³/mol. The van der Waals surface area contributed by atoms with Gasteiger partial charge in [-0.2, -0.15) is 0 Å². The zero-order valence-electron chi connectivity index (χ0n) is 13.8. The van der Waals surface area contributed by atoms with E-state index < -0.39 is 0 Å². The Labute approximate surface area is 151 Å². The topological polar surface area (TPSA) is 32.3 Å². The van der Waals surface area contributed by atoms with Gasteiger partial charge in [-0.15, -0.1) is 0 Å². The summed E-state index contributed by atoms with van der Waals surface area (Å²) in [5.74, 6) is 0.136. The van der Waals surface area contributed by atoms with Crippen molar-refractivity contribution in [3.8, 4) is 0 Å². The molecule has 2 aromatic carbocycles. The van der Waals surface area contributed by atoms with Crippen LogP contribution in [0.15, 0.2) is 48.5 Å². The molecule has 2 fully saturated rings. The molecular weight excluding hydrogens is 339 g/mol. The maximum atomic E-state index is 13.1. The van der Waals surface area contributed by atoms with Gasteiger partial charge in [-0.25, -0.2) is 4.39 Å². The van der Waals surface area contributed by atoms with Crippen molar-refractivity contribution in [2.24, 2.45) is 5.92 Å². The number of benzene rings is 2. The van der Waals surface area contributed by atoms with E-state index in [-0.39, 0.29) is 29.6 Å². The van der Waals surface area contributed by atoms with E-state index in [0.29, 0.717) is 18.1 Å². The molecule has 4 rings (SSSR count). The lowest BCUT2D eigenvalue weighted by Crippen LogP contribution is -2.49. The van der Waals surface area contributed by atoms with Crippen LogP contribution in [-0.4, -0.2) is 30.4 Å². The van der Waals surface area contributed by atoms with Crippen molar-refractivity contribution in [2.45, 2.75) is 18.4 Å². The van der Waals surface area contributed by atoms with Crippen LogP contribution in [-0.2, 0) is 4.79 Å². The molecule has 2 aromatic rings. The van der Waals surface area contributed by atoms with Crippen molar-refractivity contribution in [3.05, 3.63) is 70.5 Å². The molecule has 3 nitrogen and oxygen atoms in total. The Morgan fingerprint density at radius 3 is 2.68 bits per heavy atom. The zero-order valence-corrected chi connectivity index (χ0v) is 14.5. The van der Waals surface area contributed by atoms with E-state index >= 15 is 0 Å². The summed E-state index contributed by atoms with van der Waals surface area (Å²) in [7, 11) is 0. The van der Waals surface area contributed by atoms with E-state index in [1.165, 1.54) is 12.1 Å². The fourth-order valence-corrected chi connectivity index (χ4v) is 4.01. The minimum absolute atomic E-state index is 0.00597. The smallest absolute Gasteiger partial charge is 0.226 e. The van der Waals surface area contributed by atoms with E-state index in [2.05, 4.69) is 5.32 Å². The summed E-state index contributed by atoms with van der Waals surface area (Å²) in [6.07, 6.45) is 0.837. The van der Waals surface area contributed by atoms with Gasteiger partial charge in [0.25, 0.3) is 0 Å². The third-order valence-corrected chi connectivity index (χ3v) is 5.54. The molecule has 0 spiro atoms. The lowest BCUT2D eigenvalue weighted by molar-refractivity contribution is -0.136. The summed E-state index contributed by atoms with van der Waals surface area (Å²) in [6, 6.07) is 14.2. The van der Waals surface area contributed by atoms with Gasteiger partial charge in [0.05, 0.1) is 6.04 Å². The number of nitrogens with one attached hydrogen (secondary N) is 1. The molecule has 5 heteroatoms. The van der Waals surface area contributed by atoms with Crippen molar-refractivity contribution in [3.63, 3.8) is 0 Å². The first kappa shape index (κ1) is 16.6. The van der Waals surface area contributed by atoms with E-state index in [4.69, 9.17) is 11.6 Å². The molecule has 1 saturated carbocycles. The van der Waals surface area contributed by atoms with E-state index in [1.807, 2.05) is 29.2 Å². The molecule has 1 aliphatic carbocycles. The average molecular weight is 359 g/mol. The molecular formula is C20H20ClFN2O. The third kappa shape index (κ3) is 3.29. The Bertz CT molecular complexity index is 780.